The molecule has 0 unspecified atom stereocenters. The lowest BCUT2D eigenvalue weighted by Gasteiger charge is -2.16. The minimum atomic E-state index is 0.866. The SMILES string of the molecule is c1ccc(-c2c3c(cc4c(-c5ccc(-c6ccc(-c7ccc8c9ccccc9c9ccccc9c8c7)cc6)cc5)nc5ccccc5c24)oc2ccccc23)cc1.c1ccc(-c2c3c(cc4c(-c5ccc(-c6ccc7c8ccccc8c8ccccc8c7c6)cc5)nc5ccccc5c24)oc2ccccc23)cc1. The van der Waals surface area contributed by atoms with Gasteiger partial charge in [0, 0.05) is 76.1 Å². The van der Waals surface area contributed by atoms with Gasteiger partial charge >= 0.3 is 0 Å². The molecule has 0 saturated heterocycles. The largest absolute Gasteiger partial charge is 0.456 e. The van der Waals surface area contributed by atoms with Gasteiger partial charge < -0.3 is 8.83 Å². The minimum Gasteiger partial charge on any atom is -0.456 e. The van der Waals surface area contributed by atoms with Gasteiger partial charge in [0.05, 0.1) is 22.4 Å². The van der Waals surface area contributed by atoms with Crippen LogP contribution in [-0.2, 0) is 0 Å². The lowest BCUT2D eigenvalue weighted by Crippen LogP contribution is -1.93. The average Bonchev–Trinajstić information content (AvgIpc) is 1.54. The third-order valence-electron chi connectivity index (χ3n) is 22.5. The van der Waals surface area contributed by atoms with E-state index in [9.17, 15) is 0 Å². The molecular weight excluding hydrogens is 1310 g/mol. The van der Waals surface area contributed by atoms with Gasteiger partial charge in [0.25, 0.3) is 0 Å². The fourth-order valence-electron chi connectivity index (χ4n) is 17.5. The zero-order valence-electron chi connectivity index (χ0n) is 58.5. The van der Waals surface area contributed by atoms with Crippen LogP contribution in [0.1, 0.15) is 0 Å². The lowest BCUT2D eigenvalue weighted by atomic mass is 9.89. The molecule has 4 heteroatoms. The Hall–Kier alpha value is -14.3. The highest BCUT2D eigenvalue weighted by Gasteiger charge is 2.25. The number of fused-ring (bicyclic) bond motifs is 24. The first-order valence-corrected chi connectivity index (χ1v) is 37.0. The van der Waals surface area contributed by atoms with Gasteiger partial charge in [-0.3, -0.25) is 0 Å². The van der Waals surface area contributed by atoms with Crippen LogP contribution in [0.2, 0.25) is 0 Å². The van der Waals surface area contributed by atoms with Crippen LogP contribution in [0.5, 0.6) is 0 Å². The van der Waals surface area contributed by atoms with Crippen LogP contribution in [0.3, 0.4) is 0 Å². The molecule has 0 aliphatic heterocycles. The number of furan rings is 2. The van der Waals surface area contributed by atoms with Crippen LogP contribution >= 0.6 is 0 Å². The molecular formula is C104H62N2O2. The van der Waals surface area contributed by atoms with E-state index in [0.29, 0.717) is 0 Å². The van der Waals surface area contributed by atoms with Crippen molar-refractivity contribution in [2.45, 2.75) is 0 Å². The van der Waals surface area contributed by atoms with Gasteiger partial charge in [-0.05, 0) is 158 Å². The maximum absolute atomic E-state index is 6.57. The Bertz CT molecular complexity index is 7560. The predicted octanol–water partition coefficient (Wildman–Crippen LogP) is 29.2. The van der Waals surface area contributed by atoms with E-state index in [-0.39, 0.29) is 0 Å². The highest BCUT2D eigenvalue weighted by molar-refractivity contribution is 6.31. The van der Waals surface area contributed by atoms with E-state index < -0.39 is 0 Å². The molecule has 19 aromatic carbocycles. The predicted molar refractivity (Wildman–Crippen MR) is 456 cm³/mol. The number of para-hydroxylation sites is 4. The summed E-state index contributed by atoms with van der Waals surface area (Å²) in [6.07, 6.45) is 0. The summed E-state index contributed by atoms with van der Waals surface area (Å²) in [5, 5.41) is 26.8. The summed E-state index contributed by atoms with van der Waals surface area (Å²) < 4.78 is 13.1. The van der Waals surface area contributed by atoms with Crippen LogP contribution in [0.15, 0.2) is 385 Å². The first-order chi connectivity index (χ1) is 53.6. The van der Waals surface area contributed by atoms with Crippen molar-refractivity contribution in [3.8, 4) is 78.1 Å². The van der Waals surface area contributed by atoms with Crippen molar-refractivity contribution in [3.05, 3.63) is 376 Å². The quantitative estimate of drug-likeness (QED) is 0.149. The molecule has 0 fully saturated rings. The number of aromatic nitrogens is 2. The molecule has 23 rings (SSSR count). The Morgan fingerprint density at radius 3 is 0.759 bits per heavy atom. The summed E-state index contributed by atoms with van der Waals surface area (Å²) in [5.41, 5.74) is 21.3. The van der Waals surface area contributed by atoms with E-state index in [1.54, 1.807) is 0 Å². The number of rotatable bonds is 7. The highest BCUT2D eigenvalue weighted by atomic mass is 16.3. The normalized spacial score (nSPS) is 11.9. The van der Waals surface area contributed by atoms with Gasteiger partial charge in [0.1, 0.15) is 22.3 Å². The van der Waals surface area contributed by atoms with Gasteiger partial charge in [0.15, 0.2) is 0 Å². The second kappa shape index (κ2) is 24.7. The van der Waals surface area contributed by atoms with Gasteiger partial charge in [0.2, 0.25) is 0 Å². The number of benzene rings is 19. The summed E-state index contributed by atoms with van der Waals surface area (Å²) in [6, 6.07) is 135. The van der Waals surface area contributed by atoms with Crippen molar-refractivity contribution < 1.29 is 8.83 Å². The molecule has 4 nitrogen and oxygen atoms in total. The fourth-order valence-corrected chi connectivity index (χ4v) is 17.5. The van der Waals surface area contributed by atoms with E-state index in [0.717, 1.165) is 116 Å². The molecule has 23 aromatic rings. The van der Waals surface area contributed by atoms with E-state index in [1.165, 1.54) is 114 Å². The molecule has 0 saturated carbocycles. The van der Waals surface area contributed by atoms with Crippen molar-refractivity contribution >= 4 is 152 Å². The van der Waals surface area contributed by atoms with Crippen molar-refractivity contribution in [3.63, 3.8) is 0 Å². The zero-order valence-corrected chi connectivity index (χ0v) is 58.5. The summed E-state index contributed by atoms with van der Waals surface area (Å²) in [7, 11) is 0. The topological polar surface area (TPSA) is 52.1 Å². The van der Waals surface area contributed by atoms with Crippen molar-refractivity contribution in [2.75, 3.05) is 0 Å². The van der Waals surface area contributed by atoms with Crippen LogP contribution < -0.4 is 0 Å². The smallest absolute Gasteiger partial charge is 0.136 e. The molecule has 0 N–H and O–H groups in total. The monoisotopic (exact) mass is 1370 g/mol. The molecule has 500 valence electrons. The van der Waals surface area contributed by atoms with Crippen molar-refractivity contribution in [1.29, 1.82) is 0 Å². The van der Waals surface area contributed by atoms with E-state index >= 15 is 0 Å². The summed E-state index contributed by atoms with van der Waals surface area (Å²) in [4.78, 5) is 10.7. The van der Waals surface area contributed by atoms with Gasteiger partial charge in [-0.15, -0.1) is 0 Å². The van der Waals surface area contributed by atoms with Crippen molar-refractivity contribution in [1.82, 2.24) is 9.97 Å². The van der Waals surface area contributed by atoms with E-state index in [4.69, 9.17) is 18.8 Å². The fraction of sp³-hybridized carbons (Fsp3) is 0. The molecule has 0 spiro atoms. The molecule has 0 atom stereocenters. The first kappa shape index (κ1) is 61.2. The Balaban J connectivity index is 0.000000135. The third-order valence-corrected chi connectivity index (χ3v) is 22.5. The van der Waals surface area contributed by atoms with Crippen LogP contribution in [-0.4, -0.2) is 9.97 Å². The standard InChI is InChI=1S/C55H33NO.C49H29NO/c1-2-12-37(13-3-1)52-53-45-18-8-10-20-49(45)56-55(48(53)33-51-54(52)46-19-9-11-21-50(46)57-51)38-28-26-35(27-29-38)34-22-24-36(25-23-34)39-30-31-44-42-16-5-4-14-40(42)41-15-6-7-17-43(41)47(44)32-39;1-2-12-31(13-3-1)46-47-39-18-8-10-20-43(39)50-49(42(47)29-45-48(46)40-19-9-11-21-44(40)51-45)32-24-22-30(23-25-32)33-26-27-38-36-16-5-4-14-34(36)35-15-6-7-17-37(35)41(38)28-33/h1-33H;1-29H. The van der Waals surface area contributed by atoms with Crippen LogP contribution in [0.25, 0.3) is 230 Å². The summed E-state index contributed by atoms with van der Waals surface area (Å²) in [6.45, 7) is 0. The number of hydrogen-bond acceptors (Lipinski definition) is 4. The van der Waals surface area contributed by atoms with Gasteiger partial charge in [-0.2, -0.15) is 0 Å². The molecule has 0 radical (unpaired) electrons. The number of hydrogen-bond donors (Lipinski definition) is 0. The van der Waals surface area contributed by atoms with Crippen molar-refractivity contribution in [2.24, 2.45) is 0 Å². The number of nitrogens with zero attached hydrogens (tertiary/aromatic N) is 2. The number of pyridine rings is 2. The van der Waals surface area contributed by atoms with Crippen LogP contribution in [0, 0.1) is 0 Å². The molecule has 108 heavy (non-hydrogen) atoms. The third kappa shape index (κ3) is 9.78. The lowest BCUT2D eigenvalue weighted by molar-refractivity contribution is 0.669. The van der Waals surface area contributed by atoms with Gasteiger partial charge in [-0.25, -0.2) is 9.97 Å². The average molecular weight is 1370 g/mol. The Labute approximate surface area is 620 Å². The maximum Gasteiger partial charge on any atom is 0.136 e. The van der Waals surface area contributed by atoms with E-state index in [2.05, 4.69) is 364 Å². The molecule has 4 heterocycles. The minimum absolute atomic E-state index is 0.866. The summed E-state index contributed by atoms with van der Waals surface area (Å²) in [5.74, 6) is 0. The Morgan fingerprint density at radius 2 is 0.407 bits per heavy atom. The zero-order chi connectivity index (χ0) is 70.9. The van der Waals surface area contributed by atoms with E-state index in [1.807, 2.05) is 12.1 Å². The van der Waals surface area contributed by atoms with Gasteiger partial charge in [-0.1, -0.05) is 328 Å². The molecule has 0 aliphatic rings. The Kier molecular flexibility index (Phi) is 14.0. The molecule has 0 bridgehead atoms. The molecule has 0 amide bonds. The second-order valence-corrected chi connectivity index (χ2v) is 28.4. The second-order valence-electron chi connectivity index (χ2n) is 28.4. The Morgan fingerprint density at radius 1 is 0.148 bits per heavy atom. The summed E-state index contributed by atoms with van der Waals surface area (Å²) >= 11 is 0. The van der Waals surface area contributed by atoms with Crippen LogP contribution in [0.4, 0.5) is 0 Å². The first-order valence-electron chi connectivity index (χ1n) is 37.0. The molecule has 0 aliphatic carbocycles. The maximum atomic E-state index is 6.57. The highest BCUT2D eigenvalue weighted by Crippen LogP contribution is 2.50. The molecule has 4 aromatic heterocycles.